The van der Waals surface area contributed by atoms with Crippen LogP contribution in [0.1, 0.15) is 6.92 Å². The zero-order valence-corrected chi connectivity index (χ0v) is 16.0. The normalized spacial score (nSPS) is 16.6. The Bertz CT molecular complexity index is 1030. The summed E-state index contributed by atoms with van der Waals surface area (Å²) in [5, 5.41) is 0. The molecule has 2 aromatic carbocycles. The monoisotopic (exact) mass is 423 g/mol. The fraction of sp³-hybridized carbons (Fsp3) is 0.222. The van der Waals surface area contributed by atoms with Crippen molar-refractivity contribution in [2.24, 2.45) is 0 Å². The molecule has 0 aliphatic carbocycles. The molecule has 0 spiro atoms. The Morgan fingerprint density at radius 2 is 1.72 bits per heavy atom. The first-order valence-electron chi connectivity index (χ1n) is 8.53. The van der Waals surface area contributed by atoms with E-state index < -0.39 is 44.7 Å². The van der Waals surface area contributed by atoms with Crippen molar-refractivity contribution >= 4 is 21.8 Å². The van der Waals surface area contributed by atoms with Gasteiger partial charge in [0.1, 0.15) is 17.3 Å². The molecule has 1 aliphatic heterocycles. The Labute approximate surface area is 166 Å². The van der Waals surface area contributed by atoms with Crippen molar-refractivity contribution in [2.45, 2.75) is 24.0 Å². The predicted molar refractivity (Wildman–Crippen MR) is 98.8 cm³/mol. The molecule has 2 amide bonds. The molecule has 11 heteroatoms. The molecule has 0 aromatic heterocycles. The number of amides is 2. The highest BCUT2D eigenvalue weighted by atomic mass is 32.2. The Balaban J connectivity index is 1.54. The summed E-state index contributed by atoms with van der Waals surface area (Å²) in [5.41, 5.74) is 4.25. The maximum absolute atomic E-state index is 13.7. The number of halogens is 1. The van der Waals surface area contributed by atoms with Gasteiger partial charge in [0.05, 0.1) is 6.04 Å². The molecule has 2 atom stereocenters. The number of sulfonamides is 1. The third kappa shape index (κ3) is 4.81. The van der Waals surface area contributed by atoms with E-state index in [1.54, 1.807) is 24.3 Å². The molecule has 2 aromatic rings. The number of ether oxygens (including phenoxy) is 2. The number of hydrazine groups is 1. The van der Waals surface area contributed by atoms with Crippen molar-refractivity contribution in [1.82, 2.24) is 15.6 Å². The minimum Gasteiger partial charge on any atom is -0.485 e. The van der Waals surface area contributed by atoms with Crippen molar-refractivity contribution in [3.8, 4) is 11.5 Å². The maximum atomic E-state index is 13.7. The summed E-state index contributed by atoms with van der Waals surface area (Å²) in [4.78, 5) is 23.7. The molecule has 0 bridgehead atoms. The van der Waals surface area contributed by atoms with Crippen molar-refractivity contribution in [3.63, 3.8) is 0 Å². The average Bonchev–Trinajstić information content (AvgIpc) is 2.71. The second-order valence-corrected chi connectivity index (χ2v) is 7.80. The number of nitrogens with one attached hydrogen (secondary N) is 3. The molecule has 154 valence electrons. The molecule has 3 N–H and O–H groups in total. The smallest absolute Gasteiger partial charge is 0.283 e. The largest absolute Gasteiger partial charge is 0.485 e. The van der Waals surface area contributed by atoms with Gasteiger partial charge in [-0.1, -0.05) is 24.3 Å². The van der Waals surface area contributed by atoms with Crippen LogP contribution in [0.2, 0.25) is 0 Å². The molecular weight excluding hydrogens is 405 g/mol. The molecule has 1 heterocycles. The quantitative estimate of drug-likeness (QED) is 0.602. The van der Waals surface area contributed by atoms with Gasteiger partial charge in [0.2, 0.25) is 16.1 Å². The van der Waals surface area contributed by atoms with Crippen LogP contribution in [0, 0.1) is 5.82 Å². The second kappa shape index (κ2) is 8.45. The highest BCUT2D eigenvalue weighted by Gasteiger charge is 2.29. The Hall–Kier alpha value is -3.18. The molecule has 3 rings (SSSR count). The van der Waals surface area contributed by atoms with Crippen molar-refractivity contribution in [2.75, 3.05) is 6.61 Å². The van der Waals surface area contributed by atoms with E-state index in [1.165, 1.54) is 19.1 Å². The summed E-state index contributed by atoms with van der Waals surface area (Å²) in [6.07, 6.45) is -1.00. The Morgan fingerprint density at radius 1 is 1.07 bits per heavy atom. The lowest BCUT2D eigenvalue weighted by Gasteiger charge is -2.25. The molecule has 0 fully saturated rings. The fourth-order valence-corrected chi connectivity index (χ4v) is 3.76. The van der Waals surface area contributed by atoms with E-state index in [2.05, 4.69) is 10.9 Å². The number of benzene rings is 2. The van der Waals surface area contributed by atoms with Crippen LogP contribution in [0.15, 0.2) is 53.4 Å². The van der Waals surface area contributed by atoms with E-state index >= 15 is 0 Å². The number of hydrogen-bond acceptors (Lipinski definition) is 6. The minimum atomic E-state index is -4.27. The third-order valence-electron chi connectivity index (χ3n) is 3.96. The number of rotatable bonds is 5. The second-order valence-electron chi connectivity index (χ2n) is 6.12. The average molecular weight is 423 g/mol. The van der Waals surface area contributed by atoms with Gasteiger partial charge < -0.3 is 9.47 Å². The van der Waals surface area contributed by atoms with Gasteiger partial charge >= 0.3 is 0 Å². The van der Waals surface area contributed by atoms with Crippen LogP contribution in [0.3, 0.4) is 0 Å². The minimum absolute atomic E-state index is 0.0613. The summed E-state index contributed by atoms with van der Waals surface area (Å²) in [6, 6.07) is 10.3. The van der Waals surface area contributed by atoms with Gasteiger partial charge in [0.25, 0.3) is 11.8 Å². The van der Waals surface area contributed by atoms with E-state index in [0.717, 1.165) is 12.1 Å². The van der Waals surface area contributed by atoms with Gasteiger partial charge in [0.15, 0.2) is 11.5 Å². The van der Waals surface area contributed by atoms with E-state index in [1.807, 2.05) is 4.72 Å². The summed E-state index contributed by atoms with van der Waals surface area (Å²) >= 11 is 0. The van der Waals surface area contributed by atoms with Crippen LogP contribution in [0.5, 0.6) is 11.5 Å². The standard InChI is InChI=1S/C18H18FN3O6S/c1-11(22-29(25,26)16-9-5-2-6-12(16)19)17(23)20-21-18(24)15-10-27-13-7-3-4-8-14(13)28-15/h2-9,11,15,22H,10H2,1H3,(H,20,23)(H,21,24)/t11-,15-/m1/s1. The lowest BCUT2D eigenvalue weighted by molar-refractivity contribution is -0.135. The van der Waals surface area contributed by atoms with Gasteiger partial charge in [-0.05, 0) is 31.2 Å². The van der Waals surface area contributed by atoms with Crippen LogP contribution in [-0.2, 0) is 19.6 Å². The number of carbonyl (C=O) groups excluding carboxylic acids is 2. The van der Waals surface area contributed by atoms with Crippen LogP contribution in [0.25, 0.3) is 0 Å². The van der Waals surface area contributed by atoms with Crippen LogP contribution in [0.4, 0.5) is 4.39 Å². The van der Waals surface area contributed by atoms with E-state index in [4.69, 9.17) is 9.47 Å². The SMILES string of the molecule is C[C@@H](NS(=O)(=O)c1ccccc1F)C(=O)NNC(=O)[C@H]1COc2ccccc2O1. The van der Waals surface area contributed by atoms with E-state index in [0.29, 0.717) is 11.5 Å². The summed E-state index contributed by atoms with van der Waals surface area (Å²) < 4.78 is 51.1. The highest BCUT2D eigenvalue weighted by molar-refractivity contribution is 7.89. The lowest BCUT2D eigenvalue weighted by Crippen LogP contribution is -2.55. The first-order valence-corrected chi connectivity index (χ1v) is 10.0. The molecule has 0 saturated heterocycles. The Morgan fingerprint density at radius 3 is 2.45 bits per heavy atom. The van der Waals surface area contributed by atoms with Crippen molar-refractivity contribution in [1.29, 1.82) is 0 Å². The first kappa shape index (κ1) is 20.6. The topological polar surface area (TPSA) is 123 Å². The van der Waals surface area contributed by atoms with Crippen molar-refractivity contribution in [3.05, 3.63) is 54.3 Å². The summed E-state index contributed by atoms with van der Waals surface area (Å²) in [6.45, 7) is 1.19. The molecule has 29 heavy (non-hydrogen) atoms. The van der Waals surface area contributed by atoms with E-state index in [-0.39, 0.29) is 6.61 Å². The summed E-state index contributed by atoms with van der Waals surface area (Å²) in [5.74, 6) is -1.60. The van der Waals surface area contributed by atoms with Gasteiger partial charge in [0, 0.05) is 0 Å². The summed E-state index contributed by atoms with van der Waals surface area (Å²) in [7, 11) is -4.27. The van der Waals surface area contributed by atoms with Gasteiger partial charge in [-0.2, -0.15) is 4.72 Å². The Kier molecular flexibility index (Phi) is 5.99. The van der Waals surface area contributed by atoms with Crippen LogP contribution >= 0.6 is 0 Å². The lowest BCUT2D eigenvalue weighted by atomic mass is 10.2. The fourth-order valence-electron chi connectivity index (χ4n) is 2.47. The van der Waals surface area contributed by atoms with Gasteiger partial charge in [-0.3, -0.25) is 20.4 Å². The number of hydrogen-bond donors (Lipinski definition) is 3. The highest BCUT2D eigenvalue weighted by Crippen LogP contribution is 2.30. The zero-order chi connectivity index (χ0) is 21.0. The van der Waals surface area contributed by atoms with Crippen molar-refractivity contribution < 1.29 is 31.9 Å². The van der Waals surface area contributed by atoms with Crippen LogP contribution < -0.4 is 25.0 Å². The number of carbonyl (C=O) groups is 2. The number of para-hydroxylation sites is 2. The molecular formula is C18H18FN3O6S. The molecule has 0 radical (unpaired) electrons. The molecule has 1 aliphatic rings. The molecule has 0 unspecified atom stereocenters. The number of fused-ring (bicyclic) bond motifs is 1. The van der Waals surface area contributed by atoms with E-state index in [9.17, 15) is 22.4 Å². The maximum Gasteiger partial charge on any atom is 0.283 e. The third-order valence-corrected chi connectivity index (χ3v) is 5.54. The van der Waals surface area contributed by atoms with Gasteiger partial charge in [-0.25, -0.2) is 12.8 Å². The zero-order valence-electron chi connectivity index (χ0n) is 15.2. The van der Waals surface area contributed by atoms with Gasteiger partial charge in [-0.15, -0.1) is 0 Å². The van der Waals surface area contributed by atoms with Crippen LogP contribution in [-0.4, -0.2) is 39.0 Å². The molecule has 0 saturated carbocycles. The first-order chi connectivity index (χ1) is 13.8. The molecule has 9 nitrogen and oxygen atoms in total. The predicted octanol–water partition coefficient (Wildman–Crippen LogP) is 0.480.